The third-order valence-electron chi connectivity index (χ3n) is 2.27. The van der Waals surface area contributed by atoms with E-state index in [1.165, 1.54) is 0 Å². The largest absolute Gasteiger partial charge is 0.393 e. The van der Waals surface area contributed by atoms with Crippen molar-refractivity contribution in [3.05, 3.63) is 20.2 Å². The van der Waals surface area contributed by atoms with Crippen molar-refractivity contribution in [1.29, 1.82) is 0 Å². The molecular formula is C6H10N2O8. The lowest BCUT2D eigenvalue weighted by atomic mass is 9.89. The molecule has 0 saturated heterocycles. The van der Waals surface area contributed by atoms with Crippen LogP contribution in [0.25, 0.3) is 0 Å². The molecule has 0 aliphatic heterocycles. The number of nitrogens with zero attached hydrogens (tertiary/aromatic N) is 2. The first-order valence-corrected chi connectivity index (χ1v) is 4.38. The summed E-state index contributed by atoms with van der Waals surface area (Å²) in [6.45, 7) is 0. The molecule has 0 amide bonds. The first-order chi connectivity index (χ1) is 7.33. The first kappa shape index (κ1) is 12.4. The van der Waals surface area contributed by atoms with Gasteiger partial charge in [-0.25, -0.2) is 0 Å². The number of aliphatic hydroxyl groups is 2. The second-order valence-corrected chi connectivity index (χ2v) is 3.41. The predicted molar refractivity (Wildman–Crippen MR) is 44.8 cm³/mol. The molecule has 1 rings (SSSR count). The monoisotopic (exact) mass is 238 g/mol. The SMILES string of the molecule is O=[N+]([O-])OC1CC(O)CCC1(O)O[N+](=O)[O-]. The van der Waals surface area contributed by atoms with Crippen molar-refractivity contribution in [2.24, 2.45) is 0 Å². The molecule has 92 valence electrons. The second-order valence-electron chi connectivity index (χ2n) is 3.41. The Hall–Kier alpha value is -1.68. The normalized spacial score (nSPS) is 34.1. The highest BCUT2D eigenvalue weighted by Crippen LogP contribution is 2.32. The number of hydrogen-bond acceptors (Lipinski definition) is 8. The zero-order valence-electron chi connectivity index (χ0n) is 8.01. The smallest absolute Gasteiger partial charge is 0.297 e. The maximum Gasteiger partial charge on any atom is 0.297 e. The summed E-state index contributed by atoms with van der Waals surface area (Å²) in [6.07, 6.45) is -3.13. The van der Waals surface area contributed by atoms with Crippen molar-refractivity contribution in [2.75, 3.05) is 0 Å². The molecule has 3 atom stereocenters. The standard InChI is InChI=1S/C6H10N2O8/c9-4-1-2-6(10,16-8(13)14)5(3-4)15-7(11)12/h4-5,9-10H,1-3H2. The topological polar surface area (TPSA) is 145 Å². The van der Waals surface area contributed by atoms with Crippen LogP contribution in [-0.2, 0) is 9.68 Å². The summed E-state index contributed by atoms with van der Waals surface area (Å²) in [7, 11) is 0. The Balaban J connectivity index is 2.77. The molecule has 3 unspecified atom stereocenters. The van der Waals surface area contributed by atoms with Crippen molar-refractivity contribution in [1.82, 2.24) is 0 Å². The van der Waals surface area contributed by atoms with Gasteiger partial charge in [-0.05, 0) is 6.42 Å². The summed E-state index contributed by atoms with van der Waals surface area (Å²) in [5.74, 6) is -2.39. The van der Waals surface area contributed by atoms with Crippen molar-refractivity contribution >= 4 is 0 Å². The van der Waals surface area contributed by atoms with Crippen molar-refractivity contribution in [3.63, 3.8) is 0 Å². The predicted octanol–water partition coefficient (Wildman–Crippen LogP) is -0.995. The number of hydrogen-bond donors (Lipinski definition) is 2. The summed E-state index contributed by atoms with van der Waals surface area (Å²) < 4.78 is 0. The summed E-state index contributed by atoms with van der Waals surface area (Å²) in [5, 5.41) is 36.7. The van der Waals surface area contributed by atoms with Crippen LogP contribution in [0.2, 0.25) is 0 Å². The minimum Gasteiger partial charge on any atom is -0.393 e. The molecule has 2 N–H and O–H groups in total. The highest BCUT2D eigenvalue weighted by Gasteiger charge is 2.47. The van der Waals surface area contributed by atoms with E-state index in [0.29, 0.717) is 0 Å². The lowest BCUT2D eigenvalue weighted by Gasteiger charge is -2.37. The van der Waals surface area contributed by atoms with Crippen LogP contribution in [0.15, 0.2) is 0 Å². The molecule has 10 heteroatoms. The molecule has 0 aromatic carbocycles. The van der Waals surface area contributed by atoms with Gasteiger partial charge in [-0.3, -0.25) is 4.84 Å². The van der Waals surface area contributed by atoms with E-state index in [1.54, 1.807) is 0 Å². The molecule has 16 heavy (non-hydrogen) atoms. The summed E-state index contributed by atoms with van der Waals surface area (Å²) in [4.78, 5) is 28.3. The Morgan fingerprint density at radius 1 is 1.31 bits per heavy atom. The Kier molecular flexibility index (Phi) is 3.44. The van der Waals surface area contributed by atoms with Gasteiger partial charge in [0.2, 0.25) is 5.79 Å². The molecule has 0 spiro atoms. The van der Waals surface area contributed by atoms with Crippen molar-refractivity contribution in [3.8, 4) is 0 Å². The Labute approximate surface area is 88.6 Å². The van der Waals surface area contributed by atoms with Gasteiger partial charge in [-0.1, -0.05) is 0 Å². The highest BCUT2D eigenvalue weighted by atomic mass is 17.0. The van der Waals surface area contributed by atoms with E-state index in [2.05, 4.69) is 9.68 Å². The summed E-state index contributed by atoms with van der Waals surface area (Å²) in [6, 6.07) is 0. The molecule has 0 radical (unpaired) electrons. The Morgan fingerprint density at radius 2 is 1.94 bits per heavy atom. The van der Waals surface area contributed by atoms with Gasteiger partial charge in [0.25, 0.3) is 10.2 Å². The number of rotatable bonds is 4. The molecule has 0 aromatic heterocycles. The molecular weight excluding hydrogens is 228 g/mol. The van der Waals surface area contributed by atoms with Crippen LogP contribution in [0.1, 0.15) is 19.3 Å². The Morgan fingerprint density at radius 3 is 2.44 bits per heavy atom. The van der Waals surface area contributed by atoms with E-state index in [-0.39, 0.29) is 19.3 Å². The van der Waals surface area contributed by atoms with Gasteiger partial charge in [0, 0.05) is 12.8 Å². The van der Waals surface area contributed by atoms with E-state index in [0.717, 1.165) is 0 Å². The highest BCUT2D eigenvalue weighted by molar-refractivity contribution is 4.85. The molecule has 1 saturated carbocycles. The van der Waals surface area contributed by atoms with Gasteiger partial charge in [0.1, 0.15) is 0 Å². The fraction of sp³-hybridized carbons (Fsp3) is 1.00. The van der Waals surface area contributed by atoms with Crippen molar-refractivity contribution in [2.45, 2.75) is 37.3 Å². The third-order valence-corrected chi connectivity index (χ3v) is 2.27. The van der Waals surface area contributed by atoms with Gasteiger partial charge in [-0.15, -0.1) is 20.2 Å². The molecule has 0 bridgehead atoms. The molecule has 0 heterocycles. The fourth-order valence-electron chi connectivity index (χ4n) is 1.55. The van der Waals surface area contributed by atoms with Crippen LogP contribution in [0, 0.1) is 20.2 Å². The van der Waals surface area contributed by atoms with Gasteiger partial charge in [0.15, 0.2) is 6.10 Å². The van der Waals surface area contributed by atoms with Gasteiger partial charge < -0.3 is 15.1 Å². The van der Waals surface area contributed by atoms with Crippen LogP contribution in [-0.4, -0.2) is 38.4 Å². The van der Waals surface area contributed by atoms with Crippen molar-refractivity contribution < 1.29 is 30.1 Å². The summed E-state index contributed by atoms with van der Waals surface area (Å²) >= 11 is 0. The van der Waals surface area contributed by atoms with Crippen LogP contribution in [0.5, 0.6) is 0 Å². The molecule has 1 aliphatic rings. The van der Waals surface area contributed by atoms with Crippen LogP contribution in [0.3, 0.4) is 0 Å². The molecule has 0 aromatic rings. The average molecular weight is 238 g/mol. The zero-order valence-corrected chi connectivity index (χ0v) is 8.01. The first-order valence-electron chi connectivity index (χ1n) is 4.38. The van der Waals surface area contributed by atoms with Crippen LogP contribution in [0.4, 0.5) is 0 Å². The molecule has 1 aliphatic carbocycles. The Bertz CT molecular complexity index is 296. The average Bonchev–Trinajstić information content (AvgIpc) is 2.10. The minimum atomic E-state index is -2.39. The van der Waals surface area contributed by atoms with Gasteiger partial charge in [-0.2, -0.15) is 0 Å². The van der Waals surface area contributed by atoms with E-state index < -0.39 is 28.2 Å². The fourth-order valence-corrected chi connectivity index (χ4v) is 1.55. The maximum atomic E-state index is 10.1. The quantitative estimate of drug-likeness (QED) is 0.360. The van der Waals surface area contributed by atoms with E-state index in [9.17, 15) is 30.4 Å². The van der Waals surface area contributed by atoms with E-state index >= 15 is 0 Å². The van der Waals surface area contributed by atoms with E-state index in [1.807, 2.05) is 0 Å². The zero-order chi connectivity index (χ0) is 12.3. The summed E-state index contributed by atoms with van der Waals surface area (Å²) in [5.41, 5.74) is 0. The molecule has 1 fully saturated rings. The second kappa shape index (κ2) is 4.45. The number of aliphatic hydroxyl groups excluding tert-OH is 1. The lowest BCUT2D eigenvalue weighted by Crippen LogP contribution is -2.53. The van der Waals surface area contributed by atoms with Gasteiger partial charge in [0.05, 0.1) is 6.10 Å². The lowest BCUT2D eigenvalue weighted by molar-refractivity contribution is -0.825. The molecule has 10 nitrogen and oxygen atoms in total. The van der Waals surface area contributed by atoms with Crippen LogP contribution >= 0.6 is 0 Å². The minimum absolute atomic E-state index is 0.0297. The van der Waals surface area contributed by atoms with E-state index in [4.69, 9.17) is 0 Å². The van der Waals surface area contributed by atoms with Gasteiger partial charge >= 0.3 is 0 Å². The van der Waals surface area contributed by atoms with Crippen LogP contribution < -0.4 is 0 Å². The maximum absolute atomic E-state index is 10.1. The third kappa shape index (κ3) is 2.90.